The summed E-state index contributed by atoms with van der Waals surface area (Å²) in [5.41, 5.74) is -0.219. The maximum Gasteiger partial charge on any atom is 0.339 e. The lowest BCUT2D eigenvalue weighted by Gasteiger charge is -2.09. The normalized spacial score (nSPS) is 9.73. The molecule has 0 aliphatic rings. The zero-order valence-electron chi connectivity index (χ0n) is 7.67. The Kier molecular flexibility index (Phi) is 3.85. The van der Waals surface area contributed by atoms with Crippen LogP contribution in [0.15, 0.2) is 29.3 Å². The van der Waals surface area contributed by atoms with Gasteiger partial charge in [-0.15, -0.1) is 0 Å². The van der Waals surface area contributed by atoms with Gasteiger partial charge in [0.2, 0.25) is 0 Å². The number of carbonyl (C=O) groups is 1. The lowest BCUT2D eigenvalue weighted by molar-refractivity contribution is 0.0692. The highest BCUT2D eigenvalue weighted by Crippen LogP contribution is 2.30. The summed E-state index contributed by atoms with van der Waals surface area (Å²) in [4.78, 5) is 10.8. The third kappa shape index (κ3) is 2.79. The van der Waals surface area contributed by atoms with Crippen molar-refractivity contribution >= 4 is 21.9 Å². The van der Waals surface area contributed by atoms with E-state index in [4.69, 9.17) is 9.84 Å². The first-order chi connectivity index (χ1) is 7.06. The van der Waals surface area contributed by atoms with Crippen LogP contribution in [0.4, 0.5) is 4.39 Å². The van der Waals surface area contributed by atoms with Crippen molar-refractivity contribution in [3.63, 3.8) is 0 Å². The fourth-order valence-corrected chi connectivity index (χ4v) is 1.55. The van der Waals surface area contributed by atoms with Crippen molar-refractivity contribution in [2.24, 2.45) is 0 Å². The standard InChI is InChI=1S/C10H8BrFO3/c1-2-3-15-9-7(10(13)14)4-6(12)5-8(9)11/h2,4-5H,1,3H2,(H,13,14). The Morgan fingerprint density at radius 1 is 1.67 bits per heavy atom. The highest BCUT2D eigenvalue weighted by molar-refractivity contribution is 9.10. The first kappa shape index (κ1) is 11.7. The van der Waals surface area contributed by atoms with E-state index in [-0.39, 0.29) is 22.4 Å². The minimum Gasteiger partial charge on any atom is -0.487 e. The van der Waals surface area contributed by atoms with Crippen LogP contribution in [0.2, 0.25) is 0 Å². The monoisotopic (exact) mass is 274 g/mol. The van der Waals surface area contributed by atoms with Crippen LogP contribution >= 0.6 is 15.9 Å². The first-order valence-corrected chi connectivity index (χ1v) is 4.81. The lowest BCUT2D eigenvalue weighted by Crippen LogP contribution is -2.04. The van der Waals surface area contributed by atoms with Gasteiger partial charge in [-0.2, -0.15) is 0 Å². The summed E-state index contributed by atoms with van der Waals surface area (Å²) in [6.45, 7) is 3.59. The quantitative estimate of drug-likeness (QED) is 0.859. The second kappa shape index (κ2) is 4.93. The van der Waals surface area contributed by atoms with Crippen LogP contribution in [0.5, 0.6) is 5.75 Å². The Labute approximate surface area is 94.3 Å². The molecule has 0 aliphatic carbocycles. The summed E-state index contributed by atoms with van der Waals surface area (Å²) >= 11 is 3.03. The summed E-state index contributed by atoms with van der Waals surface area (Å²) in [7, 11) is 0. The number of halogens is 2. The van der Waals surface area contributed by atoms with Gasteiger partial charge in [0, 0.05) is 0 Å². The van der Waals surface area contributed by atoms with Gasteiger partial charge >= 0.3 is 5.97 Å². The number of aromatic carboxylic acids is 1. The molecule has 0 unspecified atom stereocenters. The minimum atomic E-state index is -1.24. The zero-order valence-corrected chi connectivity index (χ0v) is 9.25. The number of hydrogen-bond acceptors (Lipinski definition) is 2. The SMILES string of the molecule is C=CCOc1c(Br)cc(F)cc1C(=O)O. The van der Waals surface area contributed by atoms with Crippen LogP contribution in [0, 0.1) is 5.82 Å². The van der Waals surface area contributed by atoms with Gasteiger partial charge in [0.25, 0.3) is 0 Å². The molecule has 0 saturated carbocycles. The highest BCUT2D eigenvalue weighted by Gasteiger charge is 2.16. The van der Waals surface area contributed by atoms with Crippen molar-refractivity contribution in [1.29, 1.82) is 0 Å². The van der Waals surface area contributed by atoms with E-state index in [9.17, 15) is 9.18 Å². The topological polar surface area (TPSA) is 46.5 Å². The molecular weight excluding hydrogens is 267 g/mol. The van der Waals surface area contributed by atoms with Gasteiger partial charge < -0.3 is 9.84 Å². The van der Waals surface area contributed by atoms with Gasteiger partial charge in [0.05, 0.1) is 4.47 Å². The largest absolute Gasteiger partial charge is 0.487 e. The van der Waals surface area contributed by atoms with Crippen molar-refractivity contribution in [2.75, 3.05) is 6.61 Å². The molecule has 0 heterocycles. The third-order valence-corrected chi connectivity index (χ3v) is 2.17. The predicted octanol–water partition coefficient (Wildman–Crippen LogP) is 2.85. The average molecular weight is 275 g/mol. The summed E-state index contributed by atoms with van der Waals surface area (Å²) in [5.74, 6) is -1.77. The molecule has 5 heteroatoms. The molecule has 1 aromatic rings. The second-order valence-electron chi connectivity index (χ2n) is 2.67. The Morgan fingerprint density at radius 3 is 2.87 bits per heavy atom. The molecule has 0 bridgehead atoms. The lowest BCUT2D eigenvalue weighted by atomic mass is 10.2. The Hall–Kier alpha value is -1.36. The molecule has 1 N–H and O–H groups in total. The molecule has 0 aromatic heterocycles. The van der Waals surface area contributed by atoms with Gasteiger partial charge in [0.15, 0.2) is 0 Å². The maximum absolute atomic E-state index is 12.9. The van der Waals surface area contributed by atoms with E-state index in [0.29, 0.717) is 0 Å². The summed E-state index contributed by atoms with van der Waals surface area (Å²) < 4.78 is 18.3. The molecule has 0 aliphatic heterocycles. The van der Waals surface area contributed by atoms with Gasteiger partial charge in [-0.1, -0.05) is 12.7 Å². The van der Waals surface area contributed by atoms with Gasteiger partial charge in [0.1, 0.15) is 23.7 Å². The number of rotatable bonds is 4. The van der Waals surface area contributed by atoms with Crippen molar-refractivity contribution in [3.8, 4) is 5.75 Å². The van der Waals surface area contributed by atoms with E-state index in [2.05, 4.69) is 22.5 Å². The molecular formula is C10H8BrFO3. The number of hydrogen-bond donors (Lipinski definition) is 1. The number of carboxylic acid groups (broad SMARTS) is 1. The average Bonchev–Trinajstić information content (AvgIpc) is 2.15. The predicted molar refractivity (Wildman–Crippen MR) is 56.8 cm³/mol. The van der Waals surface area contributed by atoms with Crippen molar-refractivity contribution in [2.45, 2.75) is 0 Å². The molecule has 3 nitrogen and oxygen atoms in total. The minimum absolute atomic E-state index is 0.101. The fraction of sp³-hybridized carbons (Fsp3) is 0.100. The third-order valence-electron chi connectivity index (χ3n) is 1.58. The molecule has 1 aromatic carbocycles. The van der Waals surface area contributed by atoms with Crippen LogP contribution in [0.25, 0.3) is 0 Å². The number of ether oxygens (including phenoxy) is 1. The van der Waals surface area contributed by atoms with E-state index in [1.54, 1.807) is 0 Å². The first-order valence-electron chi connectivity index (χ1n) is 4.02. The molecule has 0 saturated heterocycles. The Morgan fingerprint density at radius 2 is 2.33 bits per heavy atom. The van der Waals surface area contributed by atoms with Crippen molar-refractivity contribution < 1.29 is 19.0 Å². The van der Waals surface area contributed by atoms with Crippen LogP contribution in [0.1, 0.15) is 10.4 Å². The molecule has 15 heavy (non-hydrogen) atoms. The van der Waals surface area contributed by atoms with Crippen LogP contribution < -0.4 is 4.74 Å². The zero-order chi connectivity index (χ0) is 11.4. The van der Waals surface area contributed by atoms with Gasteiger partial charge in [-0.25, -0.2) is 9.18 Å². The Balaban J connectivity index is 3.20. The van der Waals surface area contributed by atoms with Gasteiger partial charge in [-0.05, 0) is 28.1 Å². The highest BCUT2D eigenvalue weighted by atomic mass is 79.9. The molecule has 0 atom stereocenters. The smallest absolute Gasteiger partial charge is 0.339 e. The van der Waals surface area contributed by atoms with E-state index in [0.717, 1.165) is 12.1 Å². The van der Waals surface area contributed by atoms with Crippen LogP contribution in [-0.2, 0) is 0 Å². The molecule has 0 fully saturated rings. The Bertz CT molecular complexity index is 404. The second-order valence-corrected chi connectivity index (χ2v) is 3.52. The maximum atomic E-state index is 12.9. The van der Waals surface area contributed by atoms with E-state index < -0.39 is 11.8 Å². The number of benzene rings is 1. The molecule has 0 spiro atoms. The molecule has 0 amide bonds. The van der Waals surface area contributed by atoms with Crippen LogP contribution in [0.3, 0.4) is 0 Å². The summed E-state index contributed by atoms with van der Waals surface area (Å²) in [6, 6.07) is 2.05. The molecule has 80 valence electrons. The molecule has 1 rings (SSSR count). The van der Waals surface area contributed by atoms with E-state index in [1.165, 1.54) is 6.08 Å². The number of carboxylic acids is 1. The van der Waals surface area contributed by atoms with E-state index in [1.807, 2.05) is 0 Å². The van der Waals surface area contributed by atoms with Crippen LogP contribution in [-0.4, -0.2) is 17.7 Å². The summed E-state index contributed by atoms with van der Waals surface area (Å²) in [5, 5.41) is 8.82. The van der Waals surface area contributed by atoms with E-state index >= 15 is 0 Å². The fourth-order valence-electron chi connectivity index (χ4n) is 1.01. The summed E-state index contributed by atoms with van der Waals surface area (Å²) in [6.07, 6.45) is 1.47. The van der Waals surface area contributed by atoms with Gasteiger partial charge in [-0.3, -0.25) is 0 Å². The molecule has 0 radical (unpaired) electrons. The van der Waals surface area contributed by atoms with Crippen molar-refractivity contribution in [1.82, 2.24) is 0 Å². The van der Waals surface area contributed by atoms with Crippen molar-refractivity contribution in [3.05, 3.63) is 40.6 Å².